The highest BCUT2D eigenvalue weighted by molar-refractivity contribution is 6.05. The summed E-state index contributed by atoms with van der Waals surface area (Å²) >= 11 is 0. The molecule has 1 N–H and O–H groups in total. The first-order valence-electron chi connectivity index (χ1n) is 6.36. The highest BCUT2D eigenvalue weighted by atomic mass is 16.5. The van der Waals surface area contributed by atoms with Crippen LogP contribution in [0.1, 0.15) is 16.1 Å². The van der Waals surface area contributed by atoms with Crippen LogP contribution in [0.3, 0.4) is 0 Å². The van der Waals surface area contributed by atoms with Crippen LogP contribution in [0.4, 0.5) is 0 Å². The molecule has 0 saturated heterocycles. The Morgan fingerprint density at radius 2 is 1.81 bits per heavy atom. The van der Waals surface area contributed by atoms with E-state index in [2.05, 4.69) is 4.98 Å². The molecule has 0 aliphatic rings. The summed E-state index contributed by atoms with van der Waals surface area (Å²) in [5.41, 5.74) is 1.26. The van der Waals surface area contributed by atoms with Crippen LogP contribution < -0.4 is 14.2 Å². The molecule has 0 spiro atoms. The van der Waals surface area contributed by atoms with Gasteiger partial charge in [-0.25, -0.2) is 0 Å². The van der Waals surface area contributed by atoms with E-state index in [1.54, 1.807) is 50.8 Å². The first kappa shape index (κ1) is 14.7. The third kappa shape index (κ3) is 3.08. The first-order valence-corrected chi connectivity index (χ1v) is 6.36. The number of ketones is 1. The summed E-state index contributed by atoms with van der Waals surface area (Å²) < 4.78 is 15.9. The van der Waals surface area contributed by atoms with Gasteiger partial charge in [-0.05, 0) is 36.4 Å². The topological polar surface area (TPSA) is 60.6 Å². The van der Waals surface area contributed by atoms with Gasteiger partial charge in [-0.1, -0.05) is 0 Å². The van der Waals surface area contributed by atoms with Gasteiger partial charge in [0.2, 0.25) is 11.5 Å². The second-order valence-corrected chi connectivity index (χ2v) is 4.20. The maximum absolute atomic E-state index is 11.9. The van der Waals surface area contributed by atoms with Crippen LogP contribution in [-0.2, 0) is 0 Å². The Balaban J connectivity index is 2.34. The number of hydrogen-bond acceptors (Lipinski definition) is 4. The lowest BCUT2D eigenvalue weighted by Crippen LogP contribution is -1.97. The van der Waals surface area contributed by atoms with Crippen molar-refractivity contribution in [2.75, 3.05) is 21.3 Å². The lowest BCUT2D eigenvalue weighted by Gasteiger charge is -2.13. The molecule has 2 aromatic rings. The van der Waals surface area contributed by atoms with Crippen LogP contribution in [0.5, 0.6) is 17.2 Å². The van der Waals surface area contributed by atoms with Gasteiger partial charge in [0.25, 0.3) is 0 Å². The molecule has 5 nitrogen and oxygen atoms in total. The quantitative estimate of drug-likeness (QED) is 0.655. The van der Waals surface area contributed by atoms with Gasteiger partial charge in [-0.2, -0.15) is 0 Å². The number of allylic oxidation sites excluding steroid dienone is 1. The van der Waals surface area contributed by atoms with Gasteiger partial charge in [0, 0.05) is 11.8 Å². The number of aromatic amines is 1. The lowest BCUT2D eigenvalue weighted by molar-refractivity contribution is 0.104. The lowest BCUT2D eigenvalue weighted by atomic mass is 10.1. The van der Waals surface area contributed by atoms with Gasteiger partial charge < -0.3 is 19.2 Å². The van der Waals surface area contributed by atoms with E-state index in [-0.39, 0.29) is 5.78 Å². The van der Waals surface area contributed by atoms with Gasteiger partial charge in [0.05, 0.1) is 27.0 Å². The summed E-state index contributed by atoms with van der Waals surface area (Å²) in [6.45, 7) is 0. The number of H-pyrrole nitrogens is 1. The van der Waals surface area contributed by atoms with Gasteiger partial charge in [0.15, 0.2) is 11.5 Å². The minimum absolute atomic E-state index is 0.114. The van der Waals surface area contributed by atoms with Gasteiger partial charge in [-0.15, -0.1) is 0 Å². The summed E-state index contributed by atoms with van der Waals surface area (Å²) in [6, 6.07) is 7.06. The van der Waals surface area contributed by atoms with Crippen molar-refractivity contribution in [1.82, 2.24) is 4.98 Å². The van der Waals surface area contributed by atoms with E-state index in [9.17, 15) is 4.79 Å². The van der Waals surface area contributed by atoms with Crippen molar-refractivity contribution >= 4 is 11.9 Å². The highest BCUT2D eigenvalue weighted by Gasteiger charge is 2.14. The molecule has 110 valence electrons. The molecule has 0 amide bonds. The molecule has 0 atom stereocenters. The second-order valence-electron chi connectivity index (χ2n) is 4.20. The zero-order valence-corrected chi connectivity index (χ0v) is 12.2. The molecule has 0 aliphatic heterocycles. The number of nitrogens with one attached hydrogen (secondary N) is 1. The largest absolute Gasteiger partial charge is 0.493 e. The number of aromatic nitrogens is 1. The fraction of sp³-hybridized carbons (Fsp3) is 0.188. The van der Waals surface area contributed by atoms with Crippen molar-refractivity contribution < 1.29 is 19.0 Å². The fourth-order valence-electron chi connectivity index (χ4n) is 1.99. The monoisotopic (exact) mass is 287 g/mol. The molecule has 0 unspecified atom stereocenters. The Bertz CT molecular complexity index is 645. The van der Waals surface area contributed by atoms with Crippen molar-refractivity contribution in [2.24, 2.45) is 0 Å². The van der Waals surface area contributed by atoms with Crippen molar-refractivity contribution in [3.8, 4) is 17.2 Å². The number of carbonyl (C=O) groups is 1. The SMILES string of the molecule is COc1ccc(C=CC(=O)c2ccc[nH]2)c(OC)c1OC. The first-order chi connectivity index (χ1) is 10.2. The highest BCUT2D eigenvalue weighted by Crippen LogP contribution is 2.40. The zero-order chi connectivity index (χ0) is 15.2. The van der Waals surface area contributed by atoms with E-state index in [1.165, 1.54) is 13.2 Å². The average Bonchev–Trinajstić information content (AvgIpc) is 3.05. The van der Waals surface area contributed by atoms with Crippen LogP contribution >= 0.6 is 0 Å². The van der Waals surface area contributed by atoms with E-state index >= 15 is 0 Å². The molecule has 0 saturated carbocycles. The van der Waals surface area contributed by atoms with E-state index in [1.807, 2.05) is 0 Å². The third-order valence-electron chi connectivity index (χ3n) is 3.01. The Morgan fingerprint density at radius 3 is 2.38 bits per heavy atom. The Hall–Kier alpha value is -2.69. The number of rotatable bonds is 6. The van der Waals surface area contributed by atoms with Crippen molar-refractivity contribution in [3.63, 3.8) is 0 Å². The standard InChI is InChI=1S/C16H17NO4/c1-19-14-9-7-11(15(20-2)16(14)21-3)6-8-13(18)12-5-4-10-17-12/h4-10,17H,1-3H3. The Labute approximate surface area is 123 Å². The molecule has 0 fully saturated rings. The number of carbonyl (C=O) groups excluding carboxylic acids is 1. The maximum atomic E-state index is 11.9. The van der Waals surface area contributed by atoms with Gasteiger partial charge >= 0.3 is 0 Å². The van der Waals surface area contributed by atoms with E-state index in [0.29, 0.717) is 22.9 Å². The molecular formula is C16H17NO4. The molecule has 0 radical (unpaired) electrons. The van der Waals surface area contributed by atoms with Gasteiger partial charge in [-0.3, -0.25) is 4.79 Å². The number of methoxy groups -OCH3 is 3. The zero-order valence-electron chi connectivity index (χ0n) is 12.2. The Morgan fingerprint density at radius 1 is 1.05 bits per heavy atom. The van der Waals surface area contributed by atoms with E-state index in [0.717, 1.165) is 5.56 Å². The molecule has 5 heteroatoms. The van der Waals surface area contributed by atoms with Crippen LogP contribution in [0.2, 0.25) is 0 Å². The summed E-state index contributed by atoms with van der Waals surface area (Å²) in [5, 5.41) is 0. The summed E-state index contributed by atoms with van der Waals surface area (Å²) in [7, 11) is 4.64. The summed E-state index contributed by atoms with van der Waals surface area (Å²) in [4.78, 5) is 14.8. The predicted molar refractivity (Wildman–Crippen MR) is 80.3 cm³/mol. The van der Waals surface area contributed by atoms with Crippen molar-refractivity contribution in [2.45, 2.75) is 0 Å². The summed E-state index contributed by atoms with van der Waals surface area (Å²) in [5.74, 6) is 1.47. The molecular weight excluding hydrogens is 270 g/mol. The van der Waals surface area contributed by atoms with E-state index < -0.39 is 0 Å². The smallest absolute Gasteiger partial charge is 0.203 e. The molecule has 21 heavy (non-hydrogen) atoms. The van der Waals surface area contributed by atoms with Crippen LogP contribution in [0.25, 0.3) is 6.08 Å². The minimum atomic E-state index is -0.114. The number of hydrogen-bond donors (Lipinski definition) is 1. The molecule has 1 aromatic heterocycles. The predicted octanol–water partition coefficient (Wildman–Crippen LogP) is 2.94. The van der Waals surface area contributed by atoms with Gasteiger partial charge in [0.1, 0.15) is 0 Å². The van der Waals surface area contributed by atoms with Crippen LogP contribution in [0, 0.1) is 0 Å². The second kappa shape index (κ2) is 6.65. The van der Waals surface area contributed by atoms with Crippen molar-refractivity contribution in [3.05, 3.63) is 47.8 Å². The molecule has 0 aliphatic carbocycles. The molecule has 1 aromatic carbocycles. The number of ether oxygens (including phenoxy) is 3. The summed E-state index contributed by atoms with van der Waals surface area (Å²) in [6.07, 6.45) is 4.87. The molecule has 2 rings (SSSR count). The fourth-order valence-corrected chi connectivity index (χ4v) is 1.99. The maximum Gasteiger partial charge on any atom is 0.203 e. The normalized spacial score (nSPS) is 10.6. The number of benzene rings is 1. The van der Waals surface area contributed by atoms with Crippen molar-refractivity contribution in [1.29, 1.82) is 0 Å². The third-order valence-corrected chi connectivity index (χ3v) is 3.01. The Kier molecular flexibility index (Phi) is 4.66. The molecule has 1 heterocycles. The van der Waals surface area contributed by atoms with Crippen LogP contribution in [-0.4, -0.2) is 32.1 Å². The average molecular weight is 287 g/mol. The van der Waals surface area contributed by atoms with Crippen LogP contribution in [0.15, 0.2) is 36.5 Å². The minimum Gasteiger partial charge on any atom is -0.493 e. The molecule has 0 bridgehead atoms. The van der Waals surface area contributed by atoms with E-state index in [4.69, 9.17) is 14.2 Å².